The lowest BCUT2D eigenvalue weighted by Crippen LogP contribution is -2.50. The summed E-state index contributed by atoms with van der Waals surface area (Å²) in [4.78, 5) is 58.6. The normalized spacial score (nSPS) is 16.5. The average molecular weight is 706 g/mol. The van der Waals surface area contributed by atoms with Crippen LogP contribution in [0.5, 0.6) is 0 Å². The van der Waals surface area contributed by atoms with Crippen molar-refractivity contribution < 1.29 is 38.1 Å². The molecule has 1 N–H and O–H groups in total. The average Bonchev–Trinajstić information content (AvgIpc) is 3.04. The quantitative estimate of drug-likeness (QED) is 0.189. The molecule has 0 unspecified atom stereocenters. The van der Waals surface area contributed by atoms with Gasteiger partial charge in [0.05, 0.1) is 39.5 Å². The highest BCUT2D eigenvalue weighted by atomic mass is 16.6. The Morgan fingerprint density at radius 3 is 1.40 bits per heavy atom. The summed E-state index contributed by atoms with van der Waals surface area (Å²) < 4.78 is 21.2. The lowest BCUT2D eigenvalue weighted by atomic mass is 9.74. The Balaban J connectivity index is 2.15. The maximum absolute atomic E-state index is 12.6. The molecule has 1 aromatic carbocycles. The number of hydrogen-bond acceptors (Lipinski definition) is 12. The van der Waals surface area contributed by atoms with Gasteiger partial charge >= 0.3 is 24.0 Å². The van der Waals surface area contributed by atoms with E-state index < -0.39 is 6.09 Å². The molecule has 13 heteroatoms. The number of benzene rings is 1. The number of rotatable bonds is 17. The fraction of sp³-hybridized carbons (Fsp3) is 0.730. The SMILES string of the molecule is CCOC(=O)CN1CCN(CC(=O)OCC)CCN(CC(C)(C)CC(C)(C)CNC(=O)OCc2ccccc2)CCN(CC(=O)OCC)CC1. The second-order valence-electron chi connectivity index (χ2n) is 14.4. The lowest BCUT2D eigenvalue weighted by molar-refractivity contribution is -0.146. The number of nitrogens with zero attached hydrogens (tertiary/aromatic N) is 4. The van der Waals surface area contributed by atoms with Crippen LogP contribution in [-0.4, -0.2) is 149 Å². The number of carbonyl (C=O) groups is 4. The highest BCUT2D eigenvalue weighted by Gasteiger charge is 2.32. The zero-order chi connectivity index (χ0) is 37.0. The van der Waals surface area contributed by atoms with Gasteiger partial charge in [0.15, 0.2) is 0 Å². The molecule has 0 spiro atoms. The first-order valence-corrected chi connectivity index (χ1v) is 18.0. The van der Waals surface area contributed by atoms with Crippen LogP contribution in [0.15, 0.2) is 30.3 Å². The van der Waals surface area contributed by atoms with Gasteiger partial charge in [0.25, 0.3) is 0 Å². The van der Waals surface area contributed by atoms with E-state index in [0.29, 0.717) is 78.7 Å². The highest BCUT2D eigenvalue weighted by Crippen LogP contribution is 2.34. The Bertz CT molecular complexity index is 1130. The van der Waals surface area contributed by atoms with Gasteiger partial charge in [0, 0.05) is 65.4 Å². The van der Waals surface area contributed by atoms with Crippen LogP contribution >= 0.6 is 0 Å². The molecule has 1 aliphatic rings. The summed E-state index contributed by atoms with van der Waals surface area (Å²) in [7, 11) is 0. The summed E-state index contributed by atoms with van der Waals surface area (Å²) in [6, 6.07) is 9.60. The number of nitrogens with one attached hydrogen (secondary N) is 1. The summed E-state index contributed by atoms with van der Waals surface area (Å²) in [6.07, 6.45) is 0.393. The molecule has 0 radical (unpaired) electrons. The molecule has 1 heterocycles. The van der Waals surface area contributed by atoms with Gasteiger partial charge in [-0.1, -0.05) is 58.0 Å². The topological polar surface area (TPSA) is 130 Å². The molecule has 1 amide bonds. The zero-order valence-corrected chi connectivity index (χ0v) is 31.7. The second-order valence-corrected chi connectivity index (χ2v) is 14.4. The van der Waals surface area contributed by atoms with Crippen molar-refractivity contribution in [3.05, 3.63) is 35.9 Å². The van der Waals surface area contributed by atoms with Gasteiger partial charge in [-0.25, -0.2) is 4.79 Å². The van der Waals surface area contributed by atoms with Crippen LogP contribution in [0.25, 0.3) is 0 Å². The summed E-state index contributed by atoms with van der Waals surface area (Å²) in [5.74, 6) is -0.856. The minimum atomic E-state index is -0.438. The van der Waals surface area contributed by atoms with Gasteiger partial charge in [-0.05, 0) is 43.6 Å². The molecular weight excluding hydrogens is 642 g/mol. The van der Waals surface area contributed by atoms with E-state index in [0.717, 1.165) is 18.5 Å². The Morgan fingerprint density at radius 2 is 1.00 bits per heavy atom. The molecule has 1 aromatic rings. The molecule has 1 saturated heterocycles. The van der Waals surface area contributed by atoms with Gasteiger partial charge in [-0.15, -0.1) is 0 Å². The first-order chi connectivity index (χ1) is 23.7. The van der Waals surface area contributed by atoms with E-state index in [1.807, 2.05) is 35.2 Å². The number of hydrogen-bond donors (Lipinski definition) is 1. The minimum absolute atomic E-state index is 0.129. The largest absolute Gasteiger partial charge is 0.465 e. The highest BCUT2D eigenvalue weighted by molar-refractivity contribution is 5.72. The predicted molar refractivity (Wildman–Crippen MR) is 192 cm³/mol. The van der Waals surface area contributed by atoms with Crippen molar-refractivity contribution in [2.24, 2.45) is 10.8 Å². The third-order valence-corrected chi connectivity index (χ3v) is 8.44. The molecule has 0 atom stereocenters. The molecule has 13 nitrogen and oxygen atoms in total. The Hall–Kier alpha value is -3.26. The molecule has 1 aliphatic heterocycles. The van der Waals surface area contributed by atoms with Crippen LogP contribution in [0.3, 0.4) is 0 Å². The van der Waals surface area contributed by atoms with Gasteiger partial charge in [0.1, 0.15) is 6.61 Å². The third kappa shape index (κ3) is 18.7. The fourth-order valence-electron chi connectivity index (χ4n) is 6.48. The van der Waals surface area contributed by atoms with Crippen molar-refractivity contribution in [1.29, 1.82) is 0 Å². The van der Waals surface area contributed by atoms with Gasteiger partial charge in [0.2, 0.25) is 0 Å². The first-order valence-electron chi connectivity index (χ1n) is 18.0. The molecular formula is C37H63N5O8. The van der Waals surface area contributed by atoms with Crippen LogP contribution in [0.2, 0.25) is 0 Å². The Labute approximate surface area is 299 Å². The number of esters is 3. The Kier molecular flexibility index (Phi) is 19.3. The van der Waals surface area contributed by atoms with Crippen molar-refractivity contribution >= 4 is 24.0 Å². The molecule has 0 bridgehead atoms. The van der Waals surface area contributed by atoms with Crippen LogP contribution in [0.1, 0.15) is 60.5 Å². The molecule has 2 rings (SSSR count). The molecule has 50 heavy (non-hydrogen) atoms. The summed E-state index contributed by atoms with van der Waals surface area (Å²) in [5, 5.41) is 2.95. The van der Waals surface area contributed by atoms with Crippen molar-refractivity contribution in [3.8, 4) is 0 Å². The van der Waals surface area contributed by atoms with Crippen molar-refractivity contribution in [2.75, 3.05) is 105 Å². The molecule has 0 saturated carbocycles. The number of ether oxygens (including phenoxy) is 4. The van der Waals surface area contributed by atoms with Gasteiger partial charge in [-0.3, -0.25) is 29.1 Å². The van der Waals surface area contributed by atoms with Crippen LogP contribution in [0.4, 0.5) is 4.79 Å². The summed E-state index contributed by atoms with van der Waals surface area (Å²) in [6.45, 7) is 21.8. The maximum Gasteiger partial charge on any atom is 0.407 e. The third-order valence-electron chi connectivity index (χ3n) is 8.44. The number of alkyl carbamates (subject to hydrolysis) is 1. The van der Waals surface area contributed by atoms with Crippen molar-refractivity contribution in [2.45, 2.75) is 61.5 Å². The number of amides is 1. The van der Waals surface area contributed by atoms with E-state index in [-0.39, 0.29) is 55.0 Å². The van der Waals surface area contributed by atoms with E-state index in [4.69, 9.17) is 18.9 Å². The number of carbonyl (C=O) groups excluding carboxylic acids is 4. The van der Waals surface area contributed by atoms with E-state index in [2.05, 4.69) is 47.7 Å². The summed E-state index contributed by atoms with van der Waals surface area (Å²) >= 11 is 0. The molecule has 0 aliphatic carbocycles. The molecule has 284 valence electrons. The van der Waals surface area contributed by atoms with E-state index in [1.165, 1.54) is 0 Å². The minimum Gasteiger partial charge on any atom is -0.465 e. The van der Waals surface area contributed by atoms with E-state index in [1.54, 1.807) is 20.8 Å². The van der Waals surface area contributed by atoms with Crippen molar-refractivity contribution in [3.63, 3.8) is 0 Å². The van der Waals surface area contributed by atoms with E-state index >= 15 is 0 Å². The van der Waals surface area contributed by atoms with Crippen molar-refractivity contribution in [1.82, 2.24) is 24.9 Å². The van der Waals surface area contributed by atoms with Crippen LogP contribution in [0, 0.1) is 10.8 Å². The zero-order valence-electron chi connectivity index (χ0n) is 31.7. The standard InChI is InChI=1S/C37H63N5O8/c1-8-47-32(43)24-39-16-18-40(25-33(44)48-9-2)20-22-42(23-21-41(19-17-39)26-34(45)49-10-3)30-37(6,7)28-36(4,5)29-38-35(46)50-27-31-14-12-11-13-15-31/h11-15H,8-10,16-30H2,1-7H3,(H,38,46). The first kappa shape index (κ1) is 42.9. The molecule has 0 aromatic heterocycles. The molecule has 1 fully saturated rings. The van der Waals surface area contributed by atoms with E-state index in [9.17, 15) is 19.2 Å². The monoisotopic (exact) mass is 705 g/mol. The predicted octanol–water partition coefficient (Wildman–Crippen LogP) is 3.27. The smallest absolute Gasteiger partial charge is 0.407 e. The Morgan fingerprint density at radius 1 is 0.600 bits per heavy atom. The van der Waals surface area contributed by atoms with Crippen LogP contribution < -0.4 is 5.32 Å². The van der Waals surface area contributed by atoms with Crippen LogP contribution in [-0.2, 0) is 39.9 Å². The summed E-state index contributed by atoms with van der Waals surface area (Å²) in [5.41, 5.74) is 0.588. The van der Waals surface area contributed by atoms with Gasteiger partial charge in [-0.2, -0.15) is 0 Å². The second kappa shape index (κ2) is 22.5. The van der Waals surface area contributed by atoms with Gasteiger partial charge < -0.3 is 29.2 Å². The fourth-order valence-corrected chi connectivity index (χ4v) is 6.48. The maximum atomic E-state index is 12.6. The lowest BCUT2D eigenvalue weighted by Gasteiger charge is -2.40.